The molecule has 1 aliphatic carbocycles. The van der Waals surface area contributed by atoms with Crippen molar-refractivity contribution in [2.45, 2.75) is 43.8 Å². The summed E-state index contributed by atoms with van der Waals surface area (Å²) in [5.41, 5.74) is -0.717. The summed E-state index contributed by atoms with van der Waals surface area (Å²) in [5.74, 6) is -2.84. The molecule has 102 valence electrons. The quantitative estimate of drug-likeness (QED) is 0.828. The lowest BCUT2D eigenvalue weighted by Crippen LogP contribution is -2.52. The van der Waals surface area contributed by atoms with Gasteiger partial charge in [-0.2, -0.15) is 13.2 Å². The lowest BCUT2D eigenvalue weighted by molar-refractivity contribution is -0.191. The van der Waals surface area contributed by atoms with E-state index in [0.717, 1.165) is 4.90 Å². The number of alkyl halides is 3. The van der Waals surface area contributed by atoms with Gasteiger partial charge >= 0.3 is 18.1 Å². The second-order valence-electron chi connectivity index (χ2n) is 5.14. The molecule has 7 heteroatoms. The number of likely N-dealkylation sites (tertiary alicyclic amines) is 1. The van der Waals surface area contributed by atoms with Crippen molar-refractivity contribution in [1.29, 1.82) is 0 Å². The summed E-state index contributed by atoms with van der Waals surface area (Å²) in [6, 6.07) is 0. The Bertz CT molecular complexity index is 376. The van der Waals surface area contributed by atoms with E-state index in [1.165, 1.54) is 0 Å². The Morgan fingerprint density at radius 2 is 1.94 bits per heavy atom. The predicted molar refractivity (Wildman–Crippen MR) is 54.7 cm³/mol. The van der Waals surface area contributed by atoms with E-state index >= 15 is 0 Å². The first-order chi connectivity index (χ1) is 8.24. The number of rotatable bonds is 2. The summed E-state index contributed by atoms with van der Waals surface area (Å²) in [6.07, 6.45) is -3.07. The largest absolute Gasteiger partial charge is 0.481 e. The van der Waals surface area contributed by atoms with Gasteiger partial charge in [-0.25, -0.2) is 0 Å². The first-order valence-electron chi connectivity index (χ1n) is 5.85. The fourth-order valence-electron chi connectivity index (χ4n) is 2.81. The highest BCUT2D eigenvalue weighted by molar-refractivity contribution is 5.83. The minimum Gasteiger partial charge on any atom is -0.481 e. The van der Waals surface area contributed by atoms with Crippen LogP contribution >= 0.6 is 0 Å². The standard InChI is InChI=1S/C11H14F3NO3/c12-11(13,14)9(18)15-4-1-7(5-8(16)17)6-10(15)2-3-10/h7H,1-6H2,(H,16,17). The third-order valence-corrected chi connectivity index (χ3v) is 3.78. The summed E-state index contributed by atoms with van der Waals surface area (Å²) in [6.45, 7) is 0.0102. The van der Waals surface area contributed by atoms with E-state index in [0.29, 0.717) is 25.7 Å². The summed E-state index contributed by atoms with van der Waals surface area (Å²) in [7, 11) is 0. The molecule has 1 amide bonds. The molecule has 1 heterocycles. The number of carboxylic acid groups (broad SMARTS) is 1. The molecule has 0 radical (unpaired) electrons. The van der Waals surface area contributed by atoms with Crippen molar-refractivity contribution in [1.82, 2.24) is 4.90 Å². The maximum absolute atomic E-state index is 12.4. The van der Waals surface area contributed by atoms with Crippen molar-refractivity contribution >= 4 is 11.9 Å². The average molecular weight is 265 g/mol. The van der Waals surface area contributed by atoms with E-state index in [9.17, 15) is 22.8 Å². The lowest BCUT2D eigenvalue weighted by atomic mass is 9.86. The zero-order valence-electron chi connectivity index (χ0n) is 9.66. The topological polar surface area (TPSA) is 57.6 Å². The van der Waals surface area contributed by atoms with Crippen molar-refractivity contribution in [3.05, 3.63) is 0 Å². The molecule has 0 aromatic heterocycles. The van der Waals surface area contributed by atoms with Crippen LogP contribution in [-0.4, -0.2) is 40.1 Å². The van der Waals surface area contributed by atoms with Crippen LogP contribution in [0.3, 0.4) is 0 Å². The van der Waals surface area contributed by atoms with Gasteiger partial charge in [-0.3, -0.25) is 9.59 Å². The monoisotopic (exact) mass is 265 g/mol. The van der Waals surface area contributed by atoms with Crippen molar-refractivity contribution in [2.24, 2.45) is 5.92 Å². The molecule has 1 atom stereocenters. The third kappa shape index (κ3) is 2.44. The number of hydrogen-bond acceptors (Lipinski definition) is 2. The molecule has 1 saturated carbocycles. The van der Waals surface area contributed by atoms with Gasteiger partial charge in [0, 0.05) is 18.5 Å². The normalized spacial score (nSPS) is 26.2. The molecule has 0 aromatic rings. The van der Waals surface area contributed by atoms with E-state index in [4.69, 9.17) is 5.11 Å². The second-order valence-corrected chi connectivity index (χ2v) is 5.14. The number of halogens is 3. The molecule has 4 nitrogen and oxygen atoms in total. The van der Waals surface area contributed by atoms with Gasteiger partial charge in [-0.05, 0) is 31.6 Å². The maximum atomic E-state index is 12.4. The molecule has 1 saturated heterocycles. The lowest BCUT2D eigenvalue weighted by Gasteiger charge is -2.40. The van der Waals surface area contributed by atoms with Crippen molar-refractivity contribution in [3.8, 4) is 0 Å². The zero-order chi connectivity index (χ0) is 13.6. The second kappa shape index (κ2) is 4.13. The average Bonchev–Trinajstić information content (AvgIpc) is 2.95. The molecule has 0 aromatic carbocycles. The molecule has 1 spiro atoms. The minimum absolute atomic E-state index is 0.0102. The van der Waals surface area contributed by atoms with Gasteiger partial charge in [0.05, 0.1) is 0 Å². The highest BCUT2D eigenvalue weighted by atomic mass is 19.4. The van der Waals surface area contributed by atoms with Gasteiger partial charge in [0.15, 0.2) is 0 Å². The van der Waals surface area contributed by atoms with Gasteiger partial charge in [0.25, 0.3) is 0 Å². The number of carbonyl (C=O) groups excluding carboxylic acids is 1. The molecule has 0 bridgehead atoms. The number of amides is 1. The predicted octanol–water partition coefficient (Wildman–Crippen LogP) is 1.79. The molecule has 2 fully saturated rings. The van der Waals surface area contributed by atoms with Gasteiger partial charge in [-0.1, -0.05) is 0 Å². The molecule has 1 unspecified atom stereocenters. The Labute approximate surface area is 102 Å². The highest BCUT2D eigenvalue weighted by Crippen LogP contribution is 2.51. The van der Waals surface area contributed by atoms with Crippen LogP contribution in [0.1, 0.15) is 32.1 Å². The number of hydrogen-bond donors (Lipinski definition) is 1. The SMILES string of the molecule is O=C(O)CC1CCN(C(=O)C(F)(F)F)C2(CC2)C1. The molecule has 18 heavy (non-hydrogen) atoms. The fourth-order valence-corrected chi connectivity index (χ4v) is 2.81. The molecule has 2 aliphatic rings. The molecular weight excluding hydrogens is 251 g/mol. The highest BCUT2D eigenvalue weighted by Gasteiger charge is 2.58. The van der Waals surface area contributed by atoms with Crippen LogP contribution in [0.25, 0.3) is 0 Å². The van der Waals surface area contributed by atoms with Crippen LogP contribution in [0.4, 0.5) is 13.2 Å². The first kappa shape index (κ1) is 13.2. The van der Waals surface area contributed by atoms with Gasteiger partial charge in [0.1, 0.15) is 0 Å². The Morgan fingerprint density at radius 3 is 2.39 bits per heavy atom. The smallest absolute Gasteiger partial charge is 0.471 e. The van der Waals surface area contributed by atoms with E-state index in [2.05, 4.69) is 0 Å². The van der Waals surface area contributed by atoms with Crippen LogP contribution in [0.5, 0.6) is 0 Å². The molecule has 1 N–H and O–H groups in total. The van der Waals surface area contributed by atoms with Crippen molar-refractivity contribution in [2.75, 3.05) is 6.54 Å². The minimum atomic E-state index is -4.84. The summed E-state index contributed by atoms with van der Waals surface area (Å²) < 4.78 is 37.3. The van der Waals surface area contributed by atoms with E-state index in [1.54, 1.807) is 0 Å². The molecule has 1 aliphatic heterocycles. The van der Waals surface area contributed by atoms with E-state index in [1.807, 2.05) is 0 Å². The molecular formula is C11H14F3NO3. The number of aliphatic carboxylic acids is 1. The van der Waals surface area contributed by atoms with Gasteiger partial charge in [-0.15, -0.1) is 0 Å². The van der Waals surface area contributed by atoms with Crippen LogP contribution in [-0.2, 0) is 9.59 Å². The zero-order valence-corrected chi connectivity index (χ0v) is 9.66. The van der Waals surface area contributed by atoms with Crippen LogP contribution in [0, 0.1) is 5.92 Å². The van der Waals surface area contributed by atoms with Crippen LogP contribution in [0.2, 0.25) is 0 Å². The third-order valence-electron chi connectivity index (χ3n) is 3.78. The number of piperidine rings is 1. The van der Waals surface area contributed by atoms with Crippen LogP contribution < -0.4 is 0 Å². The Morgan fingerprint density at radius 1 is 1.33 bits per heavy atom. The van der Waals surface area contributed by atoms with E-state index in [-0.39, 0.29) is 18.9 Å². The summed E-state index contributed by atoms with van der Waals surface area (Å²) in [4.78, 5) is 22.8. The van der Waals surface area contributed by atoms with Gasteiger partial charge < -0.3 is 10.0 Å². The van der Waals surface area contributed by atoms with Crippen molar-refractivity contribution in [3.63, 3.8) is 0 Å². The fraction of sp³-hybridized carbons (Fsp3) is 0.818. The Balaban J connectivity index is 2.05. The van der Waals surface area contributed by atoms with Crippen molar-refractivity contribution < 1.29 is 27.9 Å². The van der Waals surface area contributed by atoms with Gasteiger partial charge in [0.2, 0.25) is 0 Å². The number of carbonyl (C=O) groups is 2. The summed E-state index contributed by atoms with van der Waals surface area (Å²) in [5, 5.41) is 8.70. The van der Waals surface area contributed by atoms with Crippen LogP contribution in [0.15, 0.2) is 0 Å². The summed E-state index contributed by atoms with van der Waals surface area (Å²) >= 11 is 0. The Kier molecular flexibility index (Phi) is 3.03. The molecule has 2 rings (SSSR count). The van der Waals surface area contributed by atoms with E-state index < -0.39 is 23.6 Å². The number of carboxylic acids is 1. The first-order valence-corrected chi connectivity index (χ1v) is 5.85. The maximum Gasteiger partial charge on any atom is 0.471 e. The Hall–Kier alpha value is -1.27. The number of nitrogens with zero attached hydrogens (tertiary/aromatic N) is 1.